The van der Waals surface area contributed by atoms with Crippen LogP contribution in [0.3, 0.4) is 0 Å². The first-order chi connectivity index (χ1) is 11.6. The van der Waals surface area contributed by atoms with E-state index in [9.17, 15) is 4.79 Å². The van der Waals surface area contributed by atoms with Gasteiger partial charge < -0.3 is 9.80 Å². The Morgan fingerprint density at radius 2 is 1.96 bits per heavy atom. The minimum Gasteiger partial charge on any atom is -0.339 e. The van der Waals surface area contributed by atoms with Crippen LogP contribution >= 0.6 is 15.9 Å². The third-order valence-corrected chi connectivity index (χ3v) is 4.95. The highest BCUT2D eigenvalue weighted by Crippen LogP contribution is 2.27. The molecule has 0 spiro atoms. The number of anilines is 2. The molecule has 0 aromatic carbocycles. The van der Waals surface area contributed by atoms with E-state index >= 15 is 0 Å². The van der Waals surface area contributed by atoms with Crippen molar-refractivity contribution in [1.29, 1.82) is 0 Å². The third-order valence-electron chi connectivity index (χ3n) is 4.54. The second-order valence-electron chi connectivity index (χ2n) is 6.12. The summed E-state index contributed by atoms with van der Waals surface area (Å²) in [4.78, 5) is 26.5. The highest BCUT2D eigenvalue weighted by Gasteiger charge is 2.30. The van der Waals surface area contributed by atoms with E-state index in [1.165, 1.54) is 0 Å². The Kier molecular flexibility index (Phi) is 3.87. The Labute approximate surface area is 148 Å². The summed E-state index contributed by atoms with van der Waals surface area (Å²) in [5.41, 5.74) is 0.864. The van der Waals surface area contributed by atoms with Crippen LogP contribution in [-0.2, 0) is 0 Å². The molecule has 126 valence electrons. The molecule has 8 nitrogen and oxygen atoms in total. The largest absolute Gasteiger partial charge is 0.339 e. The van der Waals surface area contributed by atoms with Gasteiger partial charge in [-0.05, 0) is 22.4 Å². The van der Waals surface area contributed by atoms with Crippen molar-refractivity contribution in [2.45, 2.75) is 12.5 Å². The molecular weight excluding hydrogens is 374 g/mol. The van der Waals surface area contributed by atoms with E-state index in [0.717, 1.165) is 42.2 Å². The molecule has 0 aliphatic carbocycles. The minimum atomic E-state index is 0.0332. The smallest absolute Gasteiger partial charge is 0.324 e. The summed E-state index contributed by atoms with van der Waals surface area (Å²) in [5, 5.41) is 4.47. The molecule has 0 N–H and O–H groups in total. The van der Waals surface area contributed by atoms with Gasteiger partial charge in [0.1, 0.15) is 0 Å². The molecule has 2 aromatic heterocycles. The van der Waals surface area contributed by atoms with Crippen molar-refractivity contribution in [1.82, 2.24) is 24.6 Å². The number of amides is 2. The SMILES string of the molecule is CN1CCN(c2cnn(C3CCN(c4ncc(Br)cn4)C3)c2)C1=O. The summed E-state index contributed by atoms with van der Waals surface area (Å²) in [6.07, 6.45) is 8.24. The van der Waals surface area contributed by atoms with Crippen LogP contribution in [0.1, 0.15) is 12.5 Å². The summed E-state index contributed by atoms with van der Waals surface area (Å²) < 4.78 is 2.83. The van der Waals surface area contributed by atoms with E-state index in [4.69, 9.17) is 0 Å². The molecule has 24 heavy (non-hydrogen) atoms. The van der Waals surface area contributed by atoms with E-state index in [1.807, 2.05) is 17.9 Å². The number of halogens is 1. The first-order valence-corrected chi connectivity index (χ1v) is 8.70. The van der Waals surface area contributed by atoms with Gasteiger partial charge in [0.25, 0.3) is 0 Å². The summed E-state index contributed by atoms with van der Waals surface area (Å²) in [6.45, 7) is 3.18. The monoisotopic (exact) mass is 391 g/mol. The molecule has 2 aromatic rings. The van der Waals surface area contributed by atoms with Crippen LogP contribution in [0.4, 0.5) is 16.4 Å². The predicted molar refractivity (Wildman–Crippen MR) is 93.2 cm³/mol. The maximum absolute atomic E-state index is 12.1. The normalized spacial score (nSPS) is 21.2. The van der Waals surface area contributed by atoms with Crippen LogP contribution in [0.25, 0.3) is 0 Å². The number of likely N-dealkylation sites (N-methyl/N-ethyl adjacent to an activating group) is 1. The zero-order valence-corrected chi connectivity index (χ0v) is 14.9. The molecular formula is C15H18BrN7O. The molecule has 2 amide bonds. The van der Waals surface area contributed by atoms with Crippen molar-refractivity contribution in [3.63, 3.8) is 0 Å². The lowest BCUT2D eigenvalue weighted by atomic mass is 10.3. The van der Waals surface area contributed by atoms with E-state index < -0.39 is 0 Å². The van der Waals surface area contributed by atoms with Gasteiger partial charge in [0.15, 0.2) is 0 Å². The maximum atomic E-state index is 12.1. The maximum Gasteiger partial charge on any atom is 0.324 e. The molecule has 1 atom stereocenters. The second kappa shape index (κ2) is 6.04. The molecule has 2 aliphatic heterocycles. The van der Waals surface area contributed by atoms with Crippen LogP contribution in [-0.4, -0.2) is 63.9 Å². The molecule has 2 aliphatic rings. The van der Waals surface area contributed by atoms with E-state index in [-0.39, 0.29) is 12.1 Å². The molecule has 4 rings (SSSR count). The van der Waals surface area contributed by atoms with E-state index in [1.54, 1.807) is 28.4 Å². The van der Waals surface area contributed by atoms with Gasteiger partial charge in [0.05, 0.1) is 22.4 Å². The van der Waals surface area contributed by atoms with Crippen LogP contribution < -0.4 is 9.80 Å². The highest BCUT2D eigenvalue weighted by atomic mass is 79.9. The quantitative estimate of drug-likeness (QED) is 0.796. The Bertz CT molecular complexity index is 747. The highest BCUT2D eigenvalue weighted by molar-refractivity contribution is 9.10. The minimum absolute atomic E-state index is 0.0332. The molecule has 0 bridgehead atoms. The van der Waals surface area contributed by atoms with Crippen molar-refractivity contribution in [3.05, 3.63) is 29.3 Å². The number of rotatable bonds is 3. The molecule has 9 heteroatoms. The van der Waals surface area contributed by atoms with Gasteiger partial charge in [-0.25, -0.2) is 14.8 Å². The fraction of sp³-hybridized carbons (Fsp3) is 0.467. The number of carbonyl (C=O) groups is 1. The number of aromatic nitrogens is 4. The number of carbonyl (C=O) groups excluding carboxylic acids is 1. The van der Waals surface area contributed by atoms with Gasteiger partial charge >= 0.3 is 6.03 Å². The van der Waals surface area contributed by atoms with Crippen molar-refractivity contribution >= 4 is 33.6 Å². The van der Waals surface area contributed by atoms with Gasteiger partial charge in [0.2, 0.25) is 5.95 Å². The average Bonchev–Trinajstić information content (AvgIpc) is 3.29. The lowest BCUT2D eigenvalue weighted by Gasteiger charge is -2.16. The number of urea groups is 1. The van der Waals surface area contributed by atoms with Crippen LogP contribution in [0.15, 0.2) is 29.3 Å². The Hall–Kier alpha value is -2.16. The fourth-order valence-corrected chi connectivity index (χ4v) is 3.37. The van der Waals surface area contributed by atoms with Crippen LogP contribution in [0, 0.1) is 0 Å². The number of hydrogen-bond acceptors (Lipinski definition) is 5. The lowest BCUT2D eigenvalue weighted by molar-refractivity contribution is 0.229. The van der Waals surface area contributed by atoms with Gasteiger partial charge in [-0.1, -0.05) is 0 Å². The van der Waals surface area contributed by atoms with E-state index in [2.05, 4.69) is 35.9 Å². The summed E-state index contributed by atoms with van der Waals surface area (Å²) in [6, 6.07) is 0.298. The van der Waals surface area contributed by atoms with Gasteiger partial charge in [-0.15, -0.1) is 0 Å². The predicted octanol–water partition coefficient (Wildman–Crippen LogP) is 1.76. The summed E-state index contributed by atoms with van der Waals surface area (Å²) >= 11 is 3.35. The summed E-state index contributed by atoms with van der Waals surface area (Å²) in [5.74, 6) is 0.740. The molecule has 0 radical (unpaired) electrons. The van der Waals surface area contributed by atoms with Crippen molar-refractivity contribution in [2.75, 3.05) is 43.0 Å². The zero-order valence-electron chi connectivity index (χ0n) is 13.3. The van der Waals surface area contributed by atoms with Crippen molar-refractivity contribution in [2.24, 2.45) is 0 Å². The van der Waals surface area contributed by atoms with Gasteiger partial charge in [0, 0.05) is 51.8 Å². The Morgan fingerprint density at radius 1 is 1.17 bits per heavy atom. The number of hydrogen-bond donors (Lipinski definition) is 0. The Balaban J connectivity index is 1.46. The molecule has 1 unspecified atom stereocenters. The van der Waals surface area contributed by atoms with Gasteiger partial charge in [-0.3, -0.25) is 9.58 Å². The number of nitrogens with zero attached hydrogens (tertiary/aromatic N) is 7. The first-order valence-electron chi connectivity index (χ1n) is 7.91. The second-order valence-corrected chi connectivity index (χ2v) is 7.04. The first kappa shape index (κ1) is 15.4. The Morgan fingerprint density at radius 3 is 2.67 bits per heavy atom. The third kappa shape index (κ3) is 2.72. The topological polar surface area (TPSA) is 70.4 Å². The van der Waals surface area contributed by atoms with Gasteiger partial charge in [-0.2, -0.15) is 5.10 Å². The zero-order chi connectivity index (χ0) is 16.7. The molecule has 2 fully saturated rings. The lowest BCUT2D eigenvalue weighted by Crippen LogP contribution is -2.28. The standard InChI is InChI=1S/C15H18BrN7O/c1-20-4-5-22(15(20)24)13-8-19-23(10-13)12-2-3-21(9-12)14-17-6-11(16)7-18-14/h6-8,10,12H,2-5,9H2,1H3. The molecule has 0 saturated carbocycles. The van der Waals surface area contributed by atoms with Crippen molar-refractivity contribution in [3.8, 4) is 0 Å². The van der Waals surface area contributed by atoms with Crippen LogP contribution in [0.5, 0.6) is 0 Å². The fourth-order valence-electron chi connectivity index (χ4n) is 3.16. The van der Waals surface area contributed by atoms with Crippen LogP contribution in [0.2, 0.25) is 0 Å². The summed E-state index contributed by atoms with van der Waals surface area (Å²) in [7, 11) is 1.82. The molecule has 4 heterocycles. The molecule has 2 saturated heterocycles. The average molecular weight is 392 g/mol. The van der Waals surface area contributed by atoms with Crippen molar-refractivity contribution < 1.29 is 4.79 Å². The van der Waals surface area contributed by atoms with E-state index in [0.29, 0.717) is 6.54 Å².